The highest BCUT2D eigenvalue weighted by Gasteiger charge is 2.43. The average Bonchev–Trinajstić information content (AvgIpc) is 2.98. The van der Waals surface area contributed by atoms with Gasteiger partial charge in [0.1, 0.15) is 0 Å². The van der Waals surface area contributed by atoms with Gasteiger partial charge in [0.25, 0.3) is 0 Å². The number of hydrogen-bond acceptors (Lipinski definition) is 5. The molecular weight excluding hydrogens is 330 g/mol. The van der Waals surface area contributed by atoms with Crippen molar-refractivity contribution < 1.29 is 14.3 Å². The summed E-state index contributed by atoms with van der Waals surface area (Å²) in [6, 6.07) is 4.64. The van der Waals surface area contributed by atoms with Crippen molar-refractivity contribution in [3.05, 3.63) is 23.3 Å². The highest BCUT2D eigenvalue weighted by atomic mass is 16.5. The number of ether oxygens (including phenoxy) is 2. The van der Waals surface area contributed by atoms with Gasteiger partial charge >= 0.3 is 0 Å². The largest absolute Gasteiger partial charge is 0.493 e. The zero-order valence-electron chi connectivity index (χ0n) is 15.9. The van der Waals surface area contributed by atoms with Crippen molar-refractivity contribution >= 4 is 5.91 Å². The number of likely N-dealkylation sites (tertiary alicyclic amines) is 1. The van der Waals surface area contributed by atoms with Gasteiger partial charge in [-0.05, 0) is 42.5 Å². The van der Waals surface area contributed by atoms with Crippen LogP contribution in [0, 0.1) is 5.92 Å². The van der Waals surface area contributed by atoms with Crippen LogP contribution in [0.1, 0.15) is 36.9 Å². The molecule has 0 aliphatic carbocycles. The summed E-state index contributed by atoms with van der Waals surface area (Å²) in [4.78, 5) is 17.0. The van der Waals surface area contributed by atoms with Crippen molar-refractivity contribution in [1.29, 1.82) is 0 Å². The maximum Gasteiger partial charge on any atom is 0.225 e. The standard InChI is InChI=1S/C20H29N3O3/c1-12-4-7-23(20(12)24)17-11-22-6-5-13-8-18(25-2)19(26-3)9-14(13)16(22)10-15(17)21/h8-9,12,15-17H,4-7,10-11,21H2,1-3H3/t12?,15-,16-,17-/m0/s1. The molecule has 142 valence electrons. The van der Waals surface area contributed by atoms with Gasteiger partial charge in [-0.15, -0.1) is 0 Å². The van der Waals surface area contributed by atoms with E-state index in [0.29, 0.717) is 6.04 Å². The highest BCUT2D eigenvalue weighted by molar-refractivity contribution is 5.81. The summed E-state index contributed by atoms with van der Waals surface area (Å²) in [7, 11) is 3.35. The first-order valence-corrected chi connectivity index (χ1v) is 9.58. The predicted molar refractivity (Wildman–Crippen MR) is 99.4 cm³/mol. The maximum atomic E-state index is 12.5. The minimum Gasteiger partial charge on any atom is -0.493 e. The predicted octanol–water partition coefficient (Wildman–Crippen LogP) is 1.57. The number of carbonyl (C=O) groups is 1. The number of amides is 1. The summed E-state index contributed by atoms with van der Waals surface area (Å²) in [6.45, 7) is 4.72. The third-order valence-electron chi connectivity index (χ3n) is 6.43. The van der Waals surface area contributed by atoms with E-state index in [1.807, 2.05) is 11.8 Å². The molecular formula is C20H29N3O3. The van der Waals surface area contributed by atoms with E-state index in [1.165, 1.54) is 11.1 Å². The molecule has 1 unspecified atom stereocenters. The highest BCUT2D eigenvalue weighted by Crippen LogP contribution is 2.42. The molecule has 0 bridgehead atoms. The van der Waals surface area contributed by atoms with Crippen LogP contribution in [0.25, 0.3) is 0 Å². The Hall–Kier alpha value is -1.79. The Bertz CT molecular complexity index is 708. The number of piperidine rings is 1. The van der Waals surface area contributed by atoms with Crippen LogP contribution in [-0.2, 0) is 11.2 Å². The van der Waals surface area contributed by atoms with E-state index >= 15 is 0 Å². The summed E-state index contributed by atoms with van der Waals surface area (Å²) in [5, 5.41) is 0. The molecule has 6 heteroatoms. The van der Waals surface area contributed by atoms with Gasteiger partial charge in [-0.3, -0.25) is 9.69 Å². The van der Waals surface area contributed by atoms with Gasteiger partial charge in [-0.25, -0.2) is 0 Å². The van der Waals surface area contributed by atoms with Gasteiger partial charge in [-0.1, -0.05) is 6.92 Å². The Labute approximate surface area is 155 Å². The fraction of sp³-hybridized carbons (Fsp3) is 0.650. The minimum atomic E-state index is 0.00421. The van der Waals surface area contributed by atoms with Crippen molar-refractivity contribution in [3.63, 3.8) is 0 Å². The lowest BCUT2D eigenvalue weighted by molar-refractivity contribution is -0.134. The van der Waals surface area contributed by atoms with Crippen LogP contribution in [0.4, 0.5) is 0 Å². The quantitative estimate of drug-likeness (QED) is 0.887. The minimum absolute atomic E-state index is 0.00421. The van der Waals surface area contributed by atoms with E-state index in [9.17, 15) is 4.79 Å². The van der Waals surface area contributed by atoms with Crippen molar-refractivity contribution in [2.75, 3.05) is 33.9 Å². The Morgan fingerprint density at radius 1 is 1.15 bits per heavy atom. The number of fused-ring (bicyclic) bond motifs is 3. The molecule has 1 amide bonds. The fourth-order valence-corrected chi connectivity index (χ4v) is 4.87. The number of hydrogen-bond donors (Lipinski definition) is 1. The van der Waals surface area contributed by atoms with Crippen molar-refractivity contribution in [2.45, 2.75) is 44.3 Å². The number of methoxy groups -OCH3 is 2. The molecule has 0 saturated carbocycles. The molecule has 0 radical (unpaired) electrons. The summed E-state index contributed by atoms with van der Waals surface area (Å²) in [5.41, 5.74) is 9.20. The molecule has 26 heavy (non-hydrogen) atoms. The number of rotatable bonds is 3. The van der Waals surface area contributed by atoms with E-state index < -0.39 is 0 Å². The third-order valence-corrected chi connectivity index (χ3v) is 6.43. The Kier molecular flexibility index (Phi) is 4.57. The van der Waals surface area contributed by atoms with Crippen LogP contribution >= 0.6 is 0 Å². The Morgan fingerprint density at radius 3 is 2.54 bits per heavy atom. The van der Waals surface area contributed by atoms with Crippen LogP contribution in [0.5, 0.6) is 11.5 Å². The lowest BCUT2D eigenvalue weighted by atomic mass is 9.83. The van der Waals surface area contributed by atoms with Gasteiger partial charge in [-0.2, -0.15) is 0 Å². The van der Waals surface area contributed by atoms with Gasteiger partial charge in [0.2, 0.25) is 5.91 Å². The lowest BCUT2D eigenvalue weighted by Crippen LogP contribution is -2.60. The zero-order valence-corrected chi connectivity index (χ0v) is 15.9. The molecule has 6 nitrogen and oxygen atoms in total. The summed E-state index contributed by atoms with van der Waals surface area (Å²) in [6.07, 6.45) is 2.80. The second kappa shape index (κ2) is 6.74. The van der Waals surface area contributed by atoms with Gasteiger partial charge in [0.05, 0.1) is 20.3 Å². The smallest absolute Gasteiger partial charge is 0.225 e. The Morgan fingerprint density at radius 2 is 1.88 bits per heavy atom. The monoisotopic (exact) mass is 359 g/mol. The van der Waals surface area contributed by atoms with Crippen LogP contribution in [-0.4, -0.2) is 61.6 Å². The van der Waals surface area contributed by atoms with Crippen molar-refractivity contribution in [3.8, 4) is 11.5 Å². The zero-order chi connectivity index (χ0) is 18.4. The van der Waals surface area contributed by atoms with E-state index in [0.717, 1.165) is 50.4 Å². The van der Waals surface area contributed by atoms with Crippen LogP contribution in [0.2, 0.25) is 0 Å². The molecule has 2 N–H and O–H groups in total. The molecule has 1 aromatic rings. The first kappa shape index (κ1) is 17.6. The number of carbonyl (C=O) groups excluding carboxylic acids is 1. The van der Waals surface area contributed by atoms with Gasteiger partial charge in [0.15, 0.2) is 11.5 Å². The molecule has 3 aliphatic heterocycles. The van der Waals surface area contributed by atoms with E-state index in [4.69, 9.17) is 15.2 Å². The number of nitrogens with zero attached hydrogens (tertiary/aromatic N) is 2. The molecule has 2 saturated heterocycles. The van der Waals surface area contributed by atoms with Crippen LogP contribution in [0.3, 0.4) is 0 Å². The van der Waals surface area contributed by atoms with Crippen LogP contribution in [0.15, 0.2) is 12.1 Å². The second-order valence-corrected chi connectivity index (χ2v) is 7.85. The average molecular weight is 359 g/mol. The Balaban J connectivity index is 1.60. The van der Waals surface area contributed by atoms with Crippen LogP contribution < -0.4 is 15.2 Å². The number of nitrogens with two attached hydrogens (primary N) is 1. The molecule has 3 aliphatic rings. The topological polar surface area (TPSA) is 68.0 Å². The molecule has 2 fully saturated rings. The third kappa shape index (κ3) is 2.76. The molecule has 0 spiro atoms. The molecule has 4 atom stereocenters. The van der Waals surface area contributed by atoms with Gasteiger partial charge < -0.3 is 20.1 Å². The number of benzene rings is 1. The van der Waals surface area contributed by atoms with E-state index in [-0.39, 0.29) is 23.9 Å². The molecule has 3 heterocycles. The van der Waals surface area contributed by atoms with Crippen molar-refractivity contribution in [2.24, 2.45) is 11.7 Å². The molecule has 4 rings (SSSR count). The summed E-state index contributed by atoms with van der Waals surface area (Å²) < 4.78 is 11.0. The molecule has 0 aromatic heterocycles. The first-order chi connectivity index (χ1) is 12.5. The van der Waals surface area contributed by atoms with E-state index in [1.54, 1.807) is 14.2 Å². The molecule has 1 aromatic carbocycles. The van der Waals surface area contributed by atoms with Crippen molar-refractivity contribution in [1.82, 2.24) is 9.80 Å². The van der Waals surface area contributed by atoms with Gasteiger partial charge in [0, 0.05) is 37.6 Å². The summed E-state index contributed by atoms with van der Waals surface area (Å²) >= 11 is 0. The normalized spacial score (nSPS) is 31.5. The SMILES string of the molecule is COc1cc2c(cc1OC)[C@@H]1C[C@H](N)[C@@H](N3CCC(C)C3=O)CN1CC2. The maximum absolute atomic E-state index is 12.5. The summed E-state index contributed by atoms with van der Waals surface area (Å²) in [5.74, 6) is 1.97. The van der Waals surface area contributed by atoms with E-state index in [2.05, 4.69) is 17.0 Å². The fourth-order valence-electron chi connectivity index (χ4n) is 4.87. The lowest BCUT2D eigenvalue weighted by Gasteiger charge is -2.48. The first-order valence-electron chi connectivity index (χ1n) is 9.58. The second-order valence-electron chi connectivity index (χ2n) is 7.85.